The highest BCUT2D eigenvalue weighted by Crippen LogP contribution is 2.20. The molecule has 0 bridgehead atoms. The van der Waals surface area contributed by atoms with Crippen LogP contribution < -0.4 is 4.74 Å². The molecule has 0 N–H and O–H groups in total. The molecule has 0 amide bonds. The summed E-state index contributed by atoms with van der Waals surface area (Å²) in [5.41, 5.74) is 3.10. The van der Waals surface area contributed by atoms with Gasteiger partial charge in [-0.2, -0.15) is 4.98 Å². The van der Waals surface area contributed by atoms with Gasteiger partial charge in [0.2, 0.25) is 0 Å². The molecule has 2 rings (SSSR count). The van der Waals surface area contributed by atoms with Crippen molar-refractivity contribution in [1.82, 2.24) is 9.97 Å². The van der Waals surface area contributed by atoms with Crippen molar-refractivity contribution < 1.29 is 4.74 Å². The van der Waals surface area contributed by atoms with E-state index in [9.17, 15) is 0 Å². The smallest absolute Gasteiger partial charge is 0.322 e. The Hall–Kier alpha value is -1.61. The fourth-order valence-electron chi connectivity index (χ4n) is 1.86. The average Bonchev–Trinajstić information content (AvgIpc) is 2.47. The van der Waals surface area contributed by atoms with E-state index >= 15 is 0 Å². The Labute approximate surface area is 125 Å². The van der Waals surface area contributed by atoms with Gasteiger partial charge >= 0.3 is 6.01 Å². The zero-order valence-corrected chi connectivity index (χ0v) is 12.7. The number of hydrogen-bond acceptors (Lipinski definition) is 3. The molecule has 0 fully saturated rings. The second-order valence-corrected chi connectivity index (χ2v) is 5.01. The van der Waals surface area contributed by atoms with E-state index in [0.717, 1.165) is 23.4 Å². The van der Waals surface area contributed by atoms with Crippen molar-refractivity contribution in [2.24, 2.45) is 0 Å². The van der Waals surface area contributed by atoms with Crippen molar-refractivity contribution >= 4 is 11.6 Å². The van der Waals surface area contributed by atoms with Crippen LogP contribution in [0, 0.1) is 6.92 Å². The van der Waals surface area contributed by atoms with E-state index in [1.165, 1.54) is 18.4 Å². The molecule has 106 valence electrons. The first-order chi connectivity index (χ1) is 9.72. The summed E-state index contributed by atoms with van der Waals surface area (Å²) in [5.74, 6) is 1.17. The molecule has 1 aromatic heterocycles. The number of alkyl halides is 1. The molecular weight excluding hydrogens is 272 g/mol. The molecule has 2 aromatic rings. The second kappa shape index (κ2) is 7.25. The largest absolute Gasteiger partial charge is 0.424 e. The Balaban J connectivity index is 2.04. The normalized spacial score (nSPS) is 10.6. The fourth-order valence-corrected chi connectivity index (χ4v) is 2.12. The molecule has 0 aliphatic rings. The van der Waals surface area contributed by atoms with Crippen LogP contribution in [0.1, 0.15) is 36.6 Å². The second-order valence-electron chi connectivity index (χ2n) is 4.75. The van der Waals surface area contributed by atoms with Gasteiger partial charge in [0.15, 0.2) is 0 Å². The number of halogens is 1. The Kier molecular flexibility index (Phi) is 5.36. The van der Waals surface area contributed by atoms with E-state index in [1.807, 2.05) is 19.1 Å². The zero-order valence-electron chi connectivity index (χ0n) is 11.9. The molecular formula is C16H19ClN2O. The molecule has 4 heteroatoms. The molecule has 1 heterocycles. The SMILES string of the molecule is CCCCc1ccc(Oc2ncc(CCl)c(C)n2)cc1. The quantitative estimate of drug-likeness (QED) is 0.726. The van der Waals surface area contributed by atoms with Gasteiger partial charge < -0.3 is 4.74 Å². The van der Waals surface area contributed by atoms with Crippen LogP contribution in [0.4, 0.5) is 0 Å². The molecule has 1 aromatic carbocycles. The van der Waals surface area contributed by atoms with Crippen LogP contribution in [-0.4, -0.2) is 9.97 Å². The van der Waals surface area contributed by atoms with Gasteiger partial charge in [-0.1, -0.05) is 25.5 Å². The highest BCUT2D eigenvalue weighted by Gasteiger charge is 2.04. The molecule has 0 aliphatic carbocycles. The summed E-state index contributed by atoms with van der Waals surface area (Å²) in [4.78, 5) is 8.45. The Morgan fingerprint density at radius 1 is 1.20 bits per heavy atom. The molecule has 0 spiro atoms. The van der Waals surface area contributed by atoms with E-state index < -0.39 is 0 Å². The number of aromatic nitrogens is 2. The summed E-state index contributed by atoms with van der Waals surface area (Å²) in [7, 11) is 0. The molecule has 3 nitrogen and oxygen atoms in total. The van der Waals surface area contributed by atoms with Crippen molar-refractivity contribution in [3.8, 4) is 11.8 Å². The van der Waals surface area contributed by atoms with Gasteiger partial charge in [-0.15, -0.1) is 11.6 Å². The number of benzene rings is 1. The van der Waals surface area contributed by atoms with Gasteiger partial charge in [0.05, 0.1) is 5.88 Å². The van der Waals surface area contributed by atoms with Crippen LogP contribution in [-0.2, 0) is 12.3 Å². The fraction of sp³-hybridized carbons (Fsp3) is 0.375. The molecule has 0 radical (unpaired) electrons. The third-order valence-corrected chi connectivity index (χ3v) is 3.44. The van der Waals surface area contributed by atoms with E-state index in [0.29, 0.717) is 11.9 Å². The lowest BCUT2D eigenvalue weighted by Gasteiger charge is -2.07. The zero-order chi connectivity index (χ0) is 14.4. The van der Waals surface area contributed by atoms with Crippen LogP contribution >= 0.6 is 11.6 Å². The maximum absolute atomic E-state index is 5.78. The van der Waals surface area contributed by atoms with Gasteiger partial charge in [0.1, 0.15) is 5.75 Å². The van der Waals surface area contributed by atoms with Gasteiger partial charge in [-0.05, 0) is 37.5 Å². The number of hydrogen-bond donors (Lipinski definition) is 0. The lowest BCUT2D eigenvalue weighted by atomic mass is 10.1. The van der Waals surface area contributed by atoms with Crippen molar-refractivity contribution in [3.63, 3.8) is 0 Å². The van der Waals surface area contributed by atoms with Crippen LogP contribution in [0.15, 0.2) is 30.5 Å². The van der Waals surface area contributed by atoms with Crippen molar-refractivity contribution in [2.75, 3.05) is 0 Å². The van der Waals surface area contributed by atoms with Crippen LogP contribution in [0.2, 0.25) is 0 Å². The van der Waals surface area contributed by atoms with Gasteiger partial charge in [0, 0.05) is 17.5 Å². The summed E-state index contributed by atoms with van der Waals surface area (Å²) in [6.07, 6.45) is 5.23. The molecule has 0 aliphatic heterocycles. The molecule has 0 atom stereocenters. The minimum Gasteiger partial charge on any atom is -0.424 e. The highest BCUT2D eigenvalue weighted by atomic mass is 35.5. The van der Waals surface area contributed by atoms with Crippen LogP contribution in [0.3, 0.4) is 0 Å². The molecule has 0 unspecified atom stereocenters. The third kappa shape index (κ3) is 3.94. The van der Waals surface area contributed by atoms with E-state index in [4.69, 9.17) is 16.3 Å². The molecule has 0 saturated carbocycles. The van der Waals surface area contributed by atoms with E-state index in [1.54, 1.807) is 6.20 Å². The lowest BCUT2D eigenvalue weighted by molar-refractivity contribution is 0.439. The highest BCUT2D eigenvalue weighted by molar-refractivity contribution is 6.17. The first-order valence-electron chi connectivity index (χ1n) is 6.88. The first-order valence-corrected chi connectivity index (χ1v) is 7.41. The lowest BCUT2D eigenvalue weighted by Crippen LogP contribution is -1.97. The van der Waals surface area contributed by atoms with E-state index in [-0.39, 0.29) is 0 Å². The predicted molar refractivity (Wildman–Crippen MR) is 81.5 cm³/mol. The standard InChI is InChI=1S/C16H19ClN2O/c1-3-4-5-13-6-8-15(9-7-13)20-16-18-11-14(10-17)12(2)19-16/h6-9,11H,3-5,10H2,1-2H3. The van der Waals surface area contributed by atoms with Crippen LogP contribution in [0.5, 0.6) is 11.8 Å². The first kappa shape index (κ1) is 14.8. The number of rotatable bonds is 6. The Bertz CT molecular complexity index is 555. The maximum atomic E-state index is 5.78. The Morgan fingerprint density at radius 2 is 1.95 bits per heavy atom. The number of nitrogens with zero attached hydrogens (tertiary/aromatic N) is 2. The summed E-state index contributed by atoms with van der Waals surface area (Å²) in [6.45, 7) is 4.10. The molecule has 20 heavy (non-hydrogen) atoms. The molecule has 0 saturated heterocycles. The Morgan fingerprint density at radius 3 is 2.55 bits per heavy atom. The predicted octanol–water partition coefficient (Wildman–Crippen LogP) is 4.66. The van der Waals surface area contributed by atoms with Gasteiger partial charge in [0.25, 0.3) is 0 Å². The maximum Gasteiger partial charge on any atom is 0.322 e. The van der Waals surface area contributed by atoms with Crippen molar-refractivity contribution in [1.29, 1.82) is 0 Å². The van der Waals surface area contributed by atoms with Gasteiger partial charge in [-0.3, -0.25) is 0 Å². The monoisotopic (exact) mass is 290 g/mol. The third-order valence-electron chi connectivity index (χ3n) is 3.15. The minimum absolute atomic E-state index is 0.359. The van der Waals surface area contributed by atoms with Crippen molar-refractivity contribution in [2.45, 2.75) is 39.0 Å². The van der Waals surface area contributed by atoms with E-state index in [2.05, 4.69) is 29.0 Å². The average molecular weight is 291 g/mol. The summed E-state index contributed by atoms with van der Waals surface area (Å²) in [5, 5.41) is 0. The summed E-state index contributed by atoms with van der Waals surface area (Å²) in [6, 6.07) is 8.45. The van der Waals surface area contributed by atoms with Crippen LogP contribution in [0.25, 0.3) is 0 Å². The topological polar surface area (TPSA) is 35.0 Å². The summed E-state index contributed by atoms with van der Waals surface area (Å²) >= 11 is 5.78. The minimum atomic E-state index is 0.359. The number of ether oxygens (including phenoxy) is 1. The number of aryl methyl sites for hydroxylation is 2. The van der Waals surface area contributed by atoms with Crippen molar-refractivity contribution in [3.05, 3.63) is 47.3 Å². The summed E-state index contributed by atoms with van der Waals surface area (Å²) < 4.78 is 5.65. The number of unbranched alkanes of at least 4 members (excludes halogenated alkanes) is 1. The van der Waals surface area contributed by atoms with Gasteiger partial charge in [-0.25, -0.2) is 4.98 Å².